The van der Waals surface area contributed by atoms with Gasteiger partial charge in [-0.25, -0.2) is 0 Å². The predicted molar refractivity (Wildman–Crippen MR) is 82.4 cm³/mol. The summed E-state index contributed by atoms with van der Waals surface area (Å²) in [6, 6.07) is 8.96. The number of hydrogen-bond acceptors (Lipinski definition) is 3. The summed E-state index contributed by atoms with van der Waals surface area (Å²) in [5.74, 6) is 0.158. The molecule has 0 fully saturated rings. The molecule has 0 aliphatic heterocycles. The monoisotopic (exact) mass is 331 g/mol. The van der Waals surface area contributed by atoms with E-state index in [2.05, 4.69) is 23.0 Å². The highest BCUT2D eigenvalue weighted by Gasteiger charge is 2.11. The summed E-state index contributed by atoms with van der Waals surface area (Å²) < 4.78 is 29.3. The van der Waals surface area contributed by atoms with E-state index in [9.17, 15) is 8.78 Å². The van der Waals surface area contributed by atoms with Crippen LogP contribution in [0, 0.1) is 0 Å². The molecule has 1 unspecified atom stereocenters. The van der Waals surface area contributed by atoms with Crippen LogP contribution in [-0.4, -0.2) is 12.7 Å². The van der Waals surface area contributed by atoms with Gasteiger partial charge in [0, 0.05) is 28.0 Å². The van der Waals surface area contributed by atoms with Crippen LogP contribution in [0.2, 0.25) is 5.02 Å². The van der Waals surface area contributed by atoms with Crippen LogP contribution >= 0.6 is 22.9 Å². The van der Waals surface area contributed by atoms with Crippen LogP contribution in [0.5, 0.6) is 5.75 Å². The first-order valence-corrected chi connectivity index (χ1v) is 7.79. The molecule has 0 saturated carbocycles. The van der Waals surface area contributed by atoms with Crippen molar-refractivity contribution in [1.29, 1.82) is 0 Å². The second-order valence-electron chi connectivity index (χ2n) is 4.70. The molecule has 2 aromatic rings. The molecule has 6 heteroatoms. The Bertz CT molecular complexity index is 563. The number of hydrogen-bond donors (Lipinski definition) is 1. The lowest BCUT2D eigenvalue weighted by atomic mass is 10.1. The van der Waals surface area contributed by atoms with E-state index in [0.29, 0.717) is 17.1 Å². The number of ether oxygens (including phenoxy) is 1. The average Bonchev–Trinajstić information content (AvgIpc) is 2.91. The highest BCUT2D eigenvalue weighted by Crippen LogP contribution is 2.24. The zero-order chi connectivity index (χ0) is 15.2. The summed E-state index contributed by atoms with van der Waals surface area (Å²) in [6.07, 6.45) is 0.892. The Balaban J connectivity index is 1.96. The standard InChI is InChI=1S/C15H16ClF2NOS/c1-10(7-13-3-2-6-21-13)19-9-11-8-12(16)4-5-14(11)20-15(17)18/h2-6,8,10,15,19H,7,9H2,1H3. The van der Waals surface area contributed by atoms with Gasteiger partial charge in [0.15, 0.2) is 0 Å². The van der Waals surface area contributed by atoms with Gasteiger partial charge >= 0.3 is 6.61 Å². The maximum Gasteiger partial charge on any atom is 0.387 e. The number of nitrogens with one attached hydrogen (secondary N) is 1. The van der Waals surface area contributed by atoms with Crippen LogP contribution in [-0.2, 0) is 13.0 Å². The van der Waals surface area contributed by atoms with E-state index in [-0.39, 0.29) is 11.8 Å². The number of benzene rings is 1. The van der Waals surface area contributed by atoms with Crippen molar-refractivity contribution < 1.29 is 13.5 Å². The maximum atomic E-state index is 12.4. The molecule has 2 nitrogen and oxygen atoms in total. The van der Waals surface area contributed by atoms with Crippen molar-refractivity contribution >= 4 is 22.9 Å². The van der Waals surface area contributed by atoms with E-state index in [1.807, 2.05) is 11.4 Å². The summed E-state index contributed by atoms with van der Waals surface area (Å²) in [7, 11) is 0. The minimum absolute atomic E-state index is 0.158. The first kappa shape index (κ1) is 16.2. The third kappa shape index (κ3) is 5.26. The van der Waals surface area contributed by atoms with Gasteiger partial charge in [-0.3, -0.25) is 0 Å². The van der Waals surface area contributed by atoms with Gasteiger partial charge in [0.1, 0.15) is 5.75 Å². The van der Waals surface area contributed by atoms with Crippen molar-refractivity contribution in [1.82, 2.24) is 5.32 Å². The van der Waals surface area contributed by atoms with Crippen molar-refractivity contribution in [2.45, 2.75) is 32.5 Å². The van der Waals surface area contributed by atoms with Gasteiger partial charge in [-0.1, -0.05) is 17.7 Å². The summed E-state index contributed by atoms with van der Waals surface area (Å²) in [5, 5.41) is 5.84. The summed E-state index contributed by atoms with van der Waals surface area (Å²) in [5.41, 5.74) is 0.626. The fourth-order valence-corrected chi connectivity index (χ4v) is 3.01. The number of rotatable bonds is 7. The molecule has 1 atom stereocenters. The Morgan fingerprint density at radius 3 is 2.81 bits per heavy atom. The quantitative estimate of drug-likeness (QED) is 0.792. The van der Waals surface area contributed by atoms with Gasteiger partial charge in [0.2, 0.25) is 0 Å². The van der Waals surface area contributed by atoms with Gasteiger partial charge in [0.25, 0.3) is 0 Å². The maximum absolute atomic E-state index is 12.4. The average molecular weight is 332 g/mol. The largest absolute Gasteiger partial charge is 0.434 e. The Kier molecular flexibility index (Phi) is 5.96. The lowest BCUT2D eigenvalue weighted by molar-refractivity contribution is -0.0505. The third-order valence-corrected chi connectivity index (χ3v) is 4.10. The SMILES string of the molecule is CC(Cc1cccs1)NCc1cc(Cl)ccc1OC(F)F. The van der Waals surface area contributed by atoms with Crippen LogP contribution in [0.4, 0.5) is 8.78 Å². The molecule has 1 aromatic heterocycles. The summed E-state index contributed by atoms with van der Waals surface area (Å²) in [4.78, 5) is 1.28. The minimum atomic E-state index is -2.84. The van der Waals surface area contributed by atoms with Crippen LogP contribution < -0.4 is 10.1 Å². The van der Waals surface area contributed by atoms with Crippen LogP contribution in [0.15, 0.2) is 35.7 Å². The van der Waals surface area contributed by atoms with Gasteiger partial charge in [0.05, 0.1) is 0 Å². The predicted octanol–water partition coefficient (Wildman–Crippen LogP) is 4.72. The Hall–Kier alpha value is -1.17. The number of thiophene rings is 1. The fourth-order valence-electron chi connectivity index (χ4n) is 1.98. The lowest BCUT2D eigenvalue weighted by Gasteiger charge is -2.16. The van der Waals surface area contributed by atoms with Crippen LogP contribution in [0.25, 0.3) is 0 Å². The van der Waals surface area contributed by atoms with Gasteiger partial charge in [-0.15, -0.1) is 11.3 Å². The smallest absolute Gasteiger partial charge is 0.387 e. The topological polar surface area (TPSA) is 21.3 Å². The first-order valence-electron chi connectivity index (χ1n) is 6.53. The molecule has 21 heavy (non-hydrogen) atoms. The highest BCUT2D eigenvalue weighted by atomic mass is 35.5. The molecule has 0 amide bonds. The van der Waals surface area contributed by atoms with Crippen molar-refractivity contribution in [2.75, 3.05) is 0 Å². The van der Waals surface area contributed by atoms with Crippen molar-refractivity contribution in [3.05, 3.63) is 51.2 Å². The van der Waals surface area contributed by atoms with Gasteiger partial charge in [-0.05, 0) is 43.0 Å². The first-order chi connectivity index (χ1) is 10.0. The molecule has 1 aromatic carbocycles. The molecule has 0 radical (unpaired) electrons. The summed E-state index contributed by atoms with van der Waals surface area (Å²) >= 11 is 7.62. The molecule has 2 rings (SSSR count). The summed E-state index contributed by atoms with van der Waals surface area (Å²) in [6.45, 7) is -0.360. The molecule has 0 aliphatic carbocycles. The Morgan fingerprint density at radius 2 is 2.14 bits per heavy atom. The van der Waals surface area contributed by atoms with Gasteiger partial charge < -0.3 is 10.1 Å². The van der Waals surface area contributed by atoms with E-state index in [1.54, 1.807) is 17.4 Å². The second kappa shape index (κ2) is 7.73. The number of halogens is 3. The van der Waals surface area contributed by atoms with Crippen molar-refractivity contribution in [3.8, 4) is 5.75 Å². The Labute approximate surface area is 131 Å². The molecule has 1 N–H and O–H groups in total. The molecule has 0 saturated heterocycles. The third-order valence-electron chi connectivity index (χ3n) is 2.97. The normalized spacial score (nSPS) is 12.6. The van der Waals surface area contributed by atoms with E-state index < -0.39 is 6.61 Å². The fraction of sp³-hybridized carbons (Fsp3) is 0.333. The zero-order valence-electron chi connectivity index (χ0n) is 11.5. The molecular weight excluding hydrogens is 316 g/mol. The van der Waals surface area contributed by atoms with E-state index in [0.717, 1.165) is 6.42 Å². The number of alkyl halides is 2. The minimum Gasteiger partial charge on any atom is -0.434 e. The molecule has 0 bridgehead atoms. The van der Waals surface area contributed by atoms with E-state index in [4.69, 9.17) is 11.6 Å². The van der Waals surface area contributed by atoms with E-state index in [1.165, 1.54) is 17.0 Å². The zero-order valence-corrected chi connectivity index (χ0v) is 13.1. The molecule has 0 spiro atoms. The molecule has 114 valence electrons. The lowest BCUT2D eigenvalue weighted by Crippen LogP contribution is -2.27. The van der Waals surface area contributed by atoms with E-state index >= 15 is 0 Å². The van der Waals surface area contributed by atoms with Crippen molar-refractivity contribution in [2.24, 2.45) is 0 Å². The Morgan fingerprint density at radius 1 is 1.33 bits per heavy atom. The highest BCUT2D eigenvalue weighted by molar-refractivity contribution is 7.09. The molecule has 1 heterocycles. The van der Waals surface area contributed by atoms with Crippen LogP contribution in [0.1, 0.15) is 17.4 Å². The second-order valence-corrected chi connectivity index (χ2v) is 6.16. The van der Waals surface area contributed by atoms with Crippen molar-refractivity contribution in [3.63, 3.8) is 0 Å². The van der Waals surface area contributed by atoms with Gasteiger partial charge in [-0.2, -0.15) is 8.78 Å². The molecular formula is C15H16ClF2NOS. The molecule has 0 aliphatic rings. The van der Waals surface area contributed by atoms with Crippen LogP contribution in [0.3, 0.4) is 0 Å².